The summed E-state index contributed by atoms with van der Waals surface area (Å²) in [5.41, 5.74) is 1.07. The van der Waals surface area contributed by atoms with Gasteiger partial charge in [0.15, 0.2) is 5.13 Å². The summed E-state index contributed by atoms with van der Waals surface area (Å²) in [5.74, 6) is 0.326. The van der Waals surface area contributed by atoms with Crippen molar-refractivity contribution < 1.29 is 4.79 Å². The topological polar surface area (TPSA) is 45.2 Å². The second kappa shape index (κ2) is 6.23. The molecular weight excluding hydrogens is 302 g/mol. The molecule has 2 heterocycles. The van der Waals surface area contributed by atoms with E-state index in [0.717, 1.165) is 36.6 Å². The molecule has 1 aliphatic heterocycles. The number of hydrogen-bond donors (Lipinski definition) is 1. The van der Waals surface area contributed by atoms with Crippen LogP contribution in [0.4, 0.5) is 5.13 Å². The van der Waals surface area contributed by atoms with Crippen molar-refractivity contribution in [3.8, 4) is 0 Å². The Hall–Kier alpha value is -1.27. The number of aromatic nitrogens is 1. The van der Waals surface area contributed by atoms with Gasteiger partial charge in [-0.2, -0.15) is 0 Å². The zero-order valence-electron chi connectivity index (χ0n) is 12.3. The summed E-state index contributed by atoms with van der Waals surface area (Å²) in [6, 6.07) is 6.42. The SMILES string of the molecule is CNC(=O)C1CCN(c2nc3ccc(SC)cc3s2)CC1. The van der Waals surface area contributed by atoms with E-state index in [9.17, 15) is 4.79 Å². The molecule has 0 unspecified atom stereocenters. The Morgan fingerprint density at radius 1 is 1.43 bits per heavy atom. The monoisotopic (exact) mass is 321 g/mol. The summed E-state index contributed by atoms with van der Waals surface area (Å²) in [7, 11) is 1.71. The van der Waals surface area contributed by atoms with Crippen LogP contribution in [0.3, 0.4) is 0 Å². The van der Waals surface area contributed by atoms with E-state index >= 15 is 0 Å². The highest BCUT2D eigenvalue weighted by molar-refractivity contribution is 7.98. The zero-order chi connectivity index (χ0) is 14.8. The number of benzene rings is 1. The molecule has 0 aliphatic carbocycles. The fraction of sp³-hybridized carbons (Fsp3) is 0.467. The van der Waals surface area contributed by atoms with E-state index in [1.165, 1.54) is 9.60 Å². The first-order valence-electron chi connectivity index (χ1n) is 7.12. The van der Waals surface area contributed by atoms with Gasteiger partial charge in [-0.05, 0) is 37.3 Å². The molecule has 1 saturated heterocycles. The van der Waals surface area contributed by atoms with Crippen LogP contribution < -0.4 is 10.2 Å². The van der Waals surface area contributed by atoms with Gasteiger partial charge in [0.25, 0.3) is 0 Å². The molecule has 112 valence electrons. The van der Waals surface area contributed by atoms with Gasteiger partial charge in [0.05, 0.1) is 10.2 Å². The maximum absolute atomic E-state index is 11.7. The fourth-order valence-electron chi connectivity index (χ4n) is 2.69. The molecule has 1 amide bonds. The van der Waals surface area contributed by atoms with Crippen LogP contribution in [-0.4, -0.2) is 37.3 Å². The van der Waals surface area contributed by atoms with Gasteiger partial charge >= 0.3 is 0 Å². The summed E-state index contributed by atoms with van der Waals surface area (Å²) >= 11 is 3.50. The standard InChI is InChI=1S/C15H19N3OS2/c1-16-14(19)10-5-7-18(8-6-10)15-17-12-4-3-11(20-2)9-13(12)21-15/h3-4,9-10H,5-8H2,1-2H3,(H,16,19). The largest absolute Gasteiger partial charge is 0.359 e. The van der Waals surface area contributed by atoms with E-state index in [0.29, 0.717) is 0 Å². The number of rotatable bonds is 3. The average Bonchev–Trinajstić information content (AvgIpc) is 2.97. The molecule has 0 bridgehead atoms. The Morgan fingerprint density at radius 2 is 2.19 bits per heavy atom. The molecule has 4 nitrogen and oxygen atoms in total. The highest BCUT2D eigenvalue weighted by atomic mass is 32.2. The minimum absolute atomic E-state index is 0.156. The van der Waals surface area contributed by atoms with E-state index in [2.05, 4.69) is 34.7 Å². The number of anilines is 1. The molecule has 1 aromatic heterocycles. The molecule has 1 aliphatic rings. The smallest absolute Gasteiger partial charge is 0.222 e. The van der Waals surface area contributed by atoms with Gasteiger partial charge in [-0.15, -0.1) is 11.8 Å². The first kappa shape index (κ1) is 14.7. The number of carbonyl (C=O) groups is 1. The van der Waals surface area contributed by atoms with Crippen LogP contribution in [-0.2, 0) is 4.79 Å². The number of thiazole rings is 1. The normalized spacial score (nSPS) is 16.4. The average molecular weight is 321 g/mol. The van der Waals surface area contributed by atoms with Crippen LogP contribution in [0.15, 0.2) is 23.1 Å². The highest BCUT2D eigenvalue weighted by Gasteiger charge is 2.25. The van der Waals surface area contributed by atoms with Crippen molar-refractivity contribution in [3.05, 3.63) is 18.2 Å². The number of nitrogens with one attached hydrogen (secondary N) is 1. The first-order chi connectivity index (χ1) is 10.2. The van der Waals surface area contributed by atoms with E-state index in [1.54, 1.807) is 30.1 Å². The first-order valence-corrected chi connectivity index (χ1v) is 9.16. The van der Waals surface area contributed by atoms with Crippen molar-refractivity contribution in [1.82, 2.24) is 10.3 Å². The Morgan fingerprint density at radius 3 is 2.86 bits per heavy atom. The number of hydrogen-bond acceptors (Lipinski definition) is 5. The van der Waals surface area contributed by atoms with Gasteiger partial charge in [-0.25, -0.2) is 4.98 Å². The Kier molecular flexibility index (Phi) is 4.35. The Bertz CT molecular complexity index is 647. The summed E-state index contributed by atoms with van der Waals surface area (Å²) in [5, 5.41) is 3.83. The van der Waals surface area contributed by atoms with Crippen molar-refractivity contribution in [3.63, 3.8) is 0 Å². The minimum atomic E-state index is 0.156. The zero-order valence-corrected chi connectivity index (χ0v) is 13.9. The molecule has 6 heteroatoms. The summed E-state index contributed by atoms with van der Waals surface area (Å²) < 4.78 is 1.24. The Balaban J connectivity index is 1.74. The third kappa shape index (κ3) is 3.01. The van der Waals surface area contributed by atoms with E-state index < -0.39 is 0 Å². The maximum Gasteiger partial charge on any atom is 0.222 e. The van der Waals surface area contributed by atoms with Crippen molar-refractivity contribution in [2.75, 3.05) is 31.3 Å². The number of carbonyl (C=O) groups excluding carboxylic acids is 1. The van der Waals surface area contributed by atoms with Gasteiger partial charge in [-0.1, -0.05) is 11.3 Å². The molecule has 1 N–H and O–H groups in total. The summed E-state index contributed by atoms with van der Waals surface area (Å²) in [6.45, 7) is 1.82. The number of amides is 1. The molecular formula is C15H19N3OS2. The lowest BCUT2D eigenvalue weighted by molar-refractivity contribution is -0.125. The van der Waals surface area contributed by atoms with Gasteiger partial charge < -0.3 is 10.2 Å². The minimum Gasteiger partial charge on any atom is -0.359 e. The second-order valence-corrected chi connectivity index (χ2v) is 7.09. The lowest BCUT2D eigenvalue weighted by Crippen LogP contribution is -2.39. The van der Waals surface area contributed by atoms with Crippen LogP contribution >= 0.6 is 23.1 Å². The fourth-order valence-corrected chi connectivity index (χ4v) is 4.26. The third-order valence-electron chi connectivity index (χ3n) is 3.97. The van der Waals surface area contributed by atoms with E-state index in [-0.39, 0.29) is 11.8 Å². The molecule has 21 heavy (non-hydrogen) atoms. The number of piperidine rings is 1. The summed E-state index contributed by atoms with van der Waals surface area (Å²) in [6.07, 6.45) is 3.91. The van der Waals surface area contributed by atoms with Crippen LogP contribution in [0.5, 0.6) is 0 Å². The molecule has 3 rings (SSSR count). The third-order valence-corrected chi connectivity index (χ3v) is 5.77. The lowest BCUT2D eigenvalue weighted by Gasteiger charge is -2.30. The van der Waals surface area contributed by atoms with Gasteiger partial charge in [0.1, 0.15) is 0 Å². The maximum atomic E-state index is 11.7. The number of nitrogens with zero attached hydrogens (tertiary/aromatic N) is 2. The van der Waals surface area contributed by atoms with Crippen LogP contribution in [0.1, 0.15) is 12.8 Å². The second-order valence-electron chi connectivity index (χ2n) is 5.21. The molecule has 0 saturated carbocycles. The number of fused-ring (bicyclic) bond motifs is 1. The molecule has 1 aromatic carbocycles. The number of thioether (sulfide) groups is 1. The Labute approximate surface area is 132 Å². The predicted molar refractivity (Wildman–Crippen MR) is 90.4 cm³/mol. The molecule has 1 fully saturated rings. The lowest BCUT2D eigenvalue weighted by atomic mass is 9.96. The van der Waals surface area contributed by atoms with Crippen LogP contribution in [0.2, 0.25) is 0 Å². The predicted octanol–water partition coefficient (Wildman–Crippen LogP) is 2.98. The van der Waals surface area contributed by atoms with Crippen molar-refractivity contribution >= 4 is 44.4 Å². The van der Waals surface area contributed by atoms with Crippen molar-refractivity contribution in [1.29, 1.82) is 0 Å². The van der Waals surface area contributed by atoms with E-state index in [1.807, 2.05) is 0 Å². The molecule has 0 atom stereocenters. The molecule has 2 aromatic rings. The molecule has 0 spiro atoms. The quantitative estimate of drug-likeness (QED) is 0.883. The summed E-state index contributed by atoms with van der Waals surface area (Å²) in [4.78, 5) is 20.0. The van der Waals surface area contributed by atoms with Gasteiger partial charge in [-0.3, -0.25) is 4.79 Å². The van der Waals surface area contributed by atoms with Crippen LogP contribution in [0, 0.1) is 5.92 Å². The van der Waals surface area contributed by atoms with Crippen molar-refractivity contribution in [2.24, 2.45) is 5.92 Å². The van der Waals surface area contributed by atoms with Gasteiger partial charge in [0.2, 0.25) is 5.91 Å². The van der Waals surface area contributed by atoms with Crippen molar-refractivity contribution in [2.45, 2.75) is 17.7 Å². The van der Waals surface area contributed by atoms with Crippen LogP contribution in [0.25, 0.3) is 10.2 Å². The van der Waals surface area contributed by atoms with E-state index in [4.69, 9.17) is 4.98 Å². The molecule has 0 radical (unpaired) electrons. The highest BCUT2D eigenvalue weighted by Crippen LogP contribution is 2.33. The van der Waals surface area contributed by atoms with Gasteiger partial charge in [0, 0.05) is 31.0 Å².